The zero-order chi connectivity index (χ0) is 22.0. The Hall–Kier alpha value is -0.500. The van der Waals surface area contributed by atoms with Crippen molar-refractivity contribution >= 4 is 16.4 Å². The fraction of sp³-hybridized carbons (Fsp3) is 0.955. The van der Waals surface area contributed by atoms with E-state index >= 15 is 0 Å². The summed E-state index contributed by atoms with van der Waals surface area (Å²) in [5.74, 6) is -0.300. The zero-order valence-electron chi connectivity index (χ0n) is 19.2. The number of hydrogen-bond donors (Lipinski definition) is 1. The molecule has 1 N–H and O–H groups in total. The molecule has 7 heteroatoms. The number of nitrogens with zero attached hydrogens (tertiary/aromatic N) is 1. The molecule has 174 valence electrons. The van der Waals surface area contributed by atoms with Crippen molar-refractivity contribution in [1.82, 2.24) is 5.32 Å². The van der Waals surface area contributed by atoms with Crippen LogP contribution in [-0.4, -0.2) is 69.3 Å². The summed E-state index contributed by atoms with van der Waals surface area (Å²) in [5, 5.41) is 3.35. The SMILES string of the molecule is CCCCCCCCCCCCNC(C=O)CCC[N+](C)(C)CCCS(=O)(=O)[O-]. The van der Waals surface area contributed by atoms with Gasteiger partial charge in [0.1, 0.15) is 6.29 Å². The predicted octanol–water partition coefficient (Wildman–Crippen LogP) is 3.86. The van der Waals surface area contributed by atoms with E-state index in [-0.39, 0.29) is 11.8 Å². The van der Waals surface area contributed by atoms with Crippen LogP contribution in [0.2, 0.25) is 0 Å². The molecule has 0 saturated heterocycles. The maximum Gasteiger partial charge on any atom is 0.136 e. The van der Waals surface area contributed by atoms with Crippen LogP contribution in [0.25, 0.3) is 0 Å². The number of aldehydes is 1. The summed E-state index contributed by atoms with van der Waals surface area (Å²) in [6.45, 7) is 4.65. The monoisotopic (exact) mass is 434 g/mol. The topological polar surface area (TPSA) is 86.3 Å². The molecule has 0 aliphatic heterocycles. The minimum atomic E-state index is -4.13. The van der Waals surface area contributed by atoms with E-state index in [1.807, 2.05) is 14.1 Å². The third-order valence-corrected chi connectivity index (χ3v) is 6.33. The molecule has 0 aromatic rings. The second-order valence-corrected chi connectivity index (χ2v) is 10.5. The standard InChI is InChI=1S/C22H46N2O4S/c1-4-5-6-7-8-9-10-11-12-13-17-23-22(21-25)16-14-18-24(2,3)19-15-20-29(26,27)28/h21-23H,4-20H2,1-3H3. The average molecular weight is 435 g/mol. The van der Waals surface area contributed by atoms with Crippen molar-refractivity contribution in [2.45, 2.75) is 96.4 Å². The highest BCUT2D eigenvalue weighted by molar-refractivity contribution is 7.85. The van der Waals surface area contributed by atoms with Crippen molar-refractivity contribution in [2.75, 3.05) is 39.5 Å². The Labute approximate surface area is 180 Å². The number of rotatable bonds is 21. The van der Waals surface area contributed by atoms with Gasteiger partial charge in [0.2, 0.25) is 0 Å². The summed E-state index contributed by atoms with van der Waals surface area (Å²) in [6, 6.07) is -0.101. The van der Waals surface area contributed by atoms with E-state index in [1.165, 1.54) is 57.8 Å². The van der Waals surface area contributed by atoms with Crippen molar-refractivity contribution in [3.63, 3.8) is 0 Å². The zero-order valence-corrected chi connectivity index (χ0v) is 20.0. The van der Waals surface area contributed by atoms with Gasteiger partial charge in [-0.2, -0.15) is 0 Å². The van der Waals surface area contributed by atoms with Gasteiger partial charge in [0.15, 0.2) is 0 Å². The lowest BCUT2D eigenvalue weighted by Gasteiger charge is -2.30. The van der Waals surface area contributed by atoms with Crippen molar-refractivity contribution in [2.24, 2.45) is 0 Å². The van der Waals surface area contributed by atoms with E-state index < -0.39 is 10.1 Å². The molecular formula is C22H46N2O4S. The van der Waals surface area contributed by atoms with E-state index in [1.54, 1.807) is 0 Å². The Kier molecular flexibility index (Phi) is 16.9. The summed E-state index contributed by atoms with van der Waals surface area (Å²) < 4.78 is 32.8. The first kappa shape index (κ1) is 28.5. The summed E-state index contributed by atoms with van der Waals surface area (Å²) in [6.07, 6.45) is 16.2. The van der Waals surface area contributed by atoms with Gasteiger partial charge < -0.3 is 19.1 Å². The van der Waals surface area contributed by atoms with E-state index in [2.05, 4.69) is 12.2 Å². The lowest BCUT2D eigenvalue weighted by Crippen LogP contribution is -2.42. The van der Waals surface area contributed by atoms with Gasteiger partial charge in [0.05, 0.1) is 43.3 Å². The highest BCUT2D eigenvalue weighted by atomic mass is 32.2. The Bertz CT molecular complexity index is 495. The first-order chi connectivity index (χ1) is 13.7. The number of quaternary nitrogens is 1. The van der Waals surface area contributed by atoms with Crippen LogP contribution >= 0.6 is 0 Å². The van der Waals surface area contributed by atoms with Crippen molar-refractivity contribution < 1.29 is 22.2 Å². The minimum Gasteiger partial charge on any atom is -0.748 e. The van der Waals surface area contributed by atoms with E-state index in [4.69, 9.17) is 0 Å². The third kappa shape index (κ3) is 20.5. The minimum absolute atomic E-state index is 0.101. The van der Waals surface area contributed by atoms with Crippen molar-refractivity contribution in [1.29, 1.82) is 0 Å². The van der Waals surface area contributed by atoms with Gasteiger partial charge >= 0.3 is 0 Å². The molecule has 0 bridgehead atoms. The largest absolute Gasteiger partial charge is 0.748 e. The molecule has 0 aromatic heterocycles. The predicted molar refractivity (Wildman–Crippen MR) is 120 cm³/mol. The second-order valence-electron chi connectivity index (χ2n) is 9.02. The molecule has 0 amide bonds. The number of carbonyl (C=O) groups is 1. The molecule has 0 saturated carbocycles. The van der Waals surface area contributed by atoms with E-state index in [9.17, 15) is 17.8 Å². The molecule has 0 aliphatic rings. The number of hydrogen-bond acceptors (Lipinski definition) is 5. The Morgan fingerprint density at radius 2 is 1.38 bits per heavy atom. The second kappa shape index (κ2) is 17.2. The average Bonchev–Trinajstić information content (AvgIpc) is 2.63. The first-order valence-electron chi connectivity index (χ1n) is 11.6. The molecule has 0 rings (SSSR count). The third-order valence-electron chi connectivity index (χ3n) is 5.54. The fourth-order valence-corrected chi connectivity index (χ4v) is 4.12. The van der Waals surface area contributed by atoms with Crippen LogP contribution in [0.15, 0.2) is 0 Å². The van der Waals surface area contributed by atoms with E-state index in [0.29, 0.717) is 17.4 Å². The maximum absolute atomic E-state index is 11.3. The fourth-order valence-electron chi connectivity index (χ4n) is 3.64. The van der Waals surface area contributed by atoms with Crippen LogP contribution in [0.4, 0.5) is 0 Å². The first-order valence-corrected chi connectivity index (χ1v) is 13.2. The number of unbranched alkanes of at least 4 members (excludes halogenated alkanes) is 9. The van der Waals surface area contributed by atoms with Gasteiger partial charge in [-0.1, -0.05) is 64.7 Å². The van der Waals surface area contributed by atoms with Crippen LogP contribution in [-0.2, 0) is 14.9 Å². The lowest BCUT2D eigenvalue weighted by atomic mass is 10.1. The molecule has 0 heterocycles. The molecule has 0 fully saturated rings. The van der Waals surface area contributed by atoms with Gasteiger partial charge in [-0.3, -0.25) is 0 Å². The quantitative estimate of drug-likeness (QED) is 0.128. The number of carbonyl (C=O) groups excluding carboxylic acids is 1. The highest BCUT2D eigenvalue weighted by Gasteiger charge is 2.16. The van der Waals surface area contributed by atoms with Crippen LogP contribution in [0, 0.1) is 0 Å². The van der Waals surface area contributed by atoms with Crippen molar-refractivity contribution in [3.8, 4) is 0 Å². The molecule has 29 heavy (non-hydrogen) atoms. The van der Waals surface area contributed by atoms with E-state index in [0.717, 1.165) is 38.6 Å². The smallest absolute Gasteiger partial charge is 0.136 e. The van der Waals surface area contributed by atoms with Crippen LogP contribution < -0.4 is 5.32 Å². The number of nitrogens with one attached hydrogen (secondary N) is 1. The Balaban J connectivity index is 3.67. The molecule has 1 atom stereocenters. The molecule has 1 unspecified atom stereocenters. The van der Waals surface area contributed by atoms with Gasteiger partial charge in [0.25, 0.3) is 0 Å². The summed E-state index contributed by atoms with van der Waals surface area (Å²) in [4.78, 5) is 11.3. The van der Waals surface area contributed by atoms with Crippen molar-refractivity contribution in [3.05, 3.63) is 0 Å². The van der Waals surface area contributed by atoms with Gasteiger partial charge in [-0.25, -0.2) is 8.42 Å². The van der Waals surface area contributed by atoms with Gasteiger partial charge in [0, 0.05) is 12.2 Å². The van der Waals surface area contributed by atoms with Crippen LogP contribution in [0.1, 0.15) is 90.4 Å². The normalized spacial score (nSPS) is 13.5. The Morgan fingerprint density at radius 3 is 1.90 bits per heavy atom. The molecule has 0 spiro atoms. The summed E-state index contributed by atoms with van der Waals surface area (Å²) in [5.41, 5.74) is 0. The Morgan fingerprint density at radius 1 is 0.862 bits per heavy atom. The van der Waals surface area contributed by atoms with Crippen LogP contribution in [0.3, 0.4) is 0 Å². The van der Waals surface area contributed by atoms with Gasteiger partial charge in [-0.15, -0.1) is 0 Å². The molecule has 0 aromatic carbocycles. The summed E-state index contributed by atoms with van der Waals surface area (Å²) in [7, 11) is -0.0618. The van der Waals surface area contributed by atoms with Gasteiger partial charge in [-0.05, 0) is 25.8 Å². The molecule has 6 nitrogen and oxygen atoms in total. The summed E-state index contributed by atoms with van der Waals surface area (Å²) >= 11 is 0. The molecular weight excluding hydrogens is 388 g/mol. The lowest BCUT2D eigenvalue weighted by molar-refractivity contribution is -0.890. The van der Waals surface area contributed by atoms with Crippen LogP contribution in [0.5, 0.6) is 0 Å². The highest BCUT2D eigenvalue weighted by Crippen LogP contribution is 2.10. The maximum atomic E-state index is 11.3. The molecule has 0 radical (unpaired) electrons. The molecule has 0 aliphatic carbocycles.